The van der Waals surface area contributed by atoms with Crippen LogP contribution in [0.15, 0.2) is 12.1 Å². The van der Waals surface area contributed by atoms with Crippen LogP contribution in [-0.4, -0.2) is 18.5 Å². The number of amides is 1. The predicted octanol–water partition coefficient (Wildman–Crippen LogP) is 4.65. The Hall–Kier alpha value is -2.14. The van der Waals surface area contributed by atoms with Gasteiger partial charge in [0.15, 0.2) is 0 Å². The number of ether oxygens (including phenoxy) is 1. The van der Waals surface area contributed by atoms with Crippen LogP contribution in [0.3, 0.4) is 0 Å². The number of carbonyl (C=O) groups excluding carboxylic acids is 2. The second kappa shape index (κ2) is 7.83. The van der Waals surface area contributed by atoms with E-state index in [2.05, 4.69) is 17.4 Å². The van der Waals surface area contributed by atoms with E-state index in [0.717, 1.165) is 27.1 Å². The van der Waals surface area contributed by atoms with E-state index in [1.165, 1.54) is 16.9 Å². The maximum atomic E-state index is 12.6. The first-order valence-electron chi connectivity index (χ1n) is 8.38. The van der Waals surface area contributed by atoms with Crippen LogP contribution in [0, 0.1) is 34.6 Å². The summed E-state index contributed by atoms with van der Waals surface area (Å²) in [5.41, 5.74) is 5.77. The van der Waals surface area contributed by atoms with Gasteiger partial charge in [-0.05, 0) is 63.8 Å². The lowest BCUT2D eigenvalue weighted by atomic mass is 9.97. The number of rotatable bonds is 5. The predicted molar refractivity (Wildman–Crippen MR) is 103 cm³/mol. The second-order valence-corrected chi connectivity index (χ2v) is 7.53. The van der Waals surface area contributed by atoms with Crippen LogP contribution >= 0.6 is 11.3 Å². The lowest BCUT2D eigenvalue weighted by molar-refractivity contribution is -0.115. The van der Waals surface area contributed by atoms with E-state index >= 15 is 0 Å². The van der Waals surface area contributed by atoms with Gasteiger partial charge in [-0.2, -0.15) is 0 Å². The van der Waals surface area contributed by atoms with Crippen molar-refractivity contribution in [2.75, 3.05) is 11.9 Å². The molecule has 0 saturated heterocycles. The molecule has 0 saturated carbocycles. The Kier molecular flexibility index (Phi) is 6.01. The number of thiophene rings is 1. The first-order chi connectivity index (χ1) is 11.7. The standard InChI is InChI=1S/C20H25NO3S/c1-7-24-20(23)18-14(5)15(6)25-19(18)21-17(22)10-16-12(3)8-11(2)9-13(16)4/h8-9H,7,10H2,1-6H3,(H,21,22). The molecule has 1 N–H and O–H groups in total. The topological polar surface area (TPSA) is 55.4 Å². The SMILES string of the molecule is CCOC(=O)c1c(NC(=O)Cc2c(C)cc(C)cc2C)sc(C)c1C. The molecule has 0 atom stereocenters. The van der Waals surface area contributed by atoms with E-state index in [1.807, 2.05) is 34.6 Å². The Balaban J connectivity index is 2.25. The van der Waals surface area contributed by atoms with Crippen molar-refractivity contribution in [3.8, 4) is 0 Å². The summed E-state index contributed by atoms with van der Waals surface area (Å²) in [5.74, 6) is -0.510. The zero-order valence-electron chi connectivity index (χ0n) is 15.7. The molecular weight excluding hydrogens is 334 g/mol. The Labute approximate surface area is 153 Å². The normalized spacial score (nSPS) is 10.6. The van der Waals surface area contributed by atoms with Crippen molar-refractivity contribution in [2.24, 2.45) is 0 Å². The highest BCUT2D eigenvalue weighted by molar-refractivity contribution is 7.16. The highest BCUT2D eigenvalue weighted by Crippen LogP contribution is 2.33. The Morgan fingerprint density at radius 2 is 1.68 bits per heavy atom. The monoisotopic (exact) mass is 359 g/mol. The van der Waals surface area contributed by atoms with Gasteiger partial charge < -0.3 is 10.1 Å². The Morgan fingerprint density at radius 3 is 2.24 bits per heavy atom. The first kappa shape index (κ1) is 19.2. The van der Waals surface area contributed by atoms with Crippen molar-refractivity contribution in [3.63, 3.8) is 0 Å². The van der Waals surface area contributed by atoms with Gasteiger partial charge in [-0.3, -0.25) is 4.79 Å². The quantitative estimate of drug-likeness (QED) is 0.791. The second-order valence-electron chi connectivity index (χ2n) is 6.31. The molecule has 0 aliphatic heterocycles. The summed E-state index contributed by atoms with van der Waals surface area (Å²) in [6, 6.07) is 4.16. The van der Waals surface area contributed by atoms with Gasteiger partial charge in [-0.1, -0.05) is 17.7 Å². The van der Waals surface area contributed by atoms with Gasteiger partial charge in [-0.25, -0.2) is 4.79 Å². The average molecular weight is 359 g/mol. The van der Waals surface area contributed by atoms with Crippen LogP contribution in [0.2, 0.25) is 0 Å². The molecule has 1 aromatic heterocycles. The van der Waals surface area contributed by atoms with Gasteiger partial charge in [0, 0.05) is 4.88 Å². The number of anilines is 1. The smallest absolute Gasteiger partial charge is 0.341 e. The number of aryl methyl sites for hydroxylation is 4. The van der Waals surface area contributed by atoms with Crippen LogP contribution in [0.1, 0.15) is 50.0 Å². The summed E-state index contributed by atoms with van der Waals surface area (Å²) in [6.07, 6.45) is 0.288. The zero-order valence-corrected chi connectivity index (χ0v) is 16.5. The zero-order chi connectivity index (χ0) is 18.7. The number of hydrogen-bond donors (Lipinski definition) is 1. The van der Waals surface area contributed by atoms with Crippen molar-refractivity contribution in [1.29, 1.82) is 0 Å². The molecule has 0 radical (unpaired) electrons. The van der Waals surface area contributed by atoms with Gasteiger partial charge in [0.05, 0.1) is 18.6 Å². The molecule has 134 valence electrons. The number of esters is 1. The van der Waals surface area contributed by atoms with Gasteiger partial charge in [0.2, 0.25) is 5.91 Å². The van der Waals surface area contributed by atoms with E-state index in [-0.39, 0.29) is 18.3 Å². The van der Waals surface area contributed by atoms with Crippen LogP contribution in [0.4, 0.5) is 5.00 Å². The van der Waals surface area contributed by atoms with Gasteiger partial charge in [0.1, 0.15) is 5.00 Å². The largest absolute Gasteiger partial charge is 0.462 e. The van der Waals surface area contributed by atoms with Crippen molar-refractivity contribution in [2.45, 2.75) is 48.0 Å². The molecule has 1 aromatic carbocycles. The number of nitrogens with one attached hydrogen (secondary N) is 1. The third kappa shape index (κ3) is 4.28. The summed E-state index contributed by atoms with van der Waals surface area (Å²) >= 11 is 1.41. The lowest BCUT2D eigenvalue weighted by Crippen LogP contribution is -2.17. The van der Waals surface area contributed by atoms with Crippen molar-refractivity contribution in [1.82, 2.24) is 0 Å². The molecule has 0 fully saturated rings. The van der Waals surface area contributed by atoms with Crippen molar-refractivity contribution >= 4 is 28.2 Å². The number of carbonyl (C=O) groups is 2. The maximum absolute atomic E-state index is 12.6. The fourth-order valence-electron chi connectivity index (χ4n) is 2.98. The van der Waals surface area contributed by atoms with Crippen LogP contribution in [0.5, 0.6) is 0 Å². The summed E-state index contributed by atoms with van der Waals surface area (Å²) < 4.78 is 5.13. The van der Waals surface area contributed by atoms with Crippen LogP contribution in [-0.2, 0) is 16.0 Å². The molecular formula is C20H25NO3S. The van der Waals surface area contributed by atoms with E-state index in [1.54, 1.807) is 6.92 Å². The third-order valence-electron chi connectivity index (χ3n) is 4.30. The highest BCUT2D eigenvalue weighted by Gasteiger charge is 2.22. The Bertz CT molecular complexity index is 798. The van der Waals surface area contributed by atoms with Crippen molar-refractivity contribution < 1.29 is 14.3 Å². The van der Waals surface area contributed by atoms with Crippen molar-refractivity contribution in [3.05, 3.63) is 50.4 Å². The highest BCUT2D eigenvalue weighted by atomic mass is 32.1. The third-order valence-corrected chi connectivity index (χ3v) is 5.42. The van der Waals surface area contributed by atoms with E-state index in [0.29, 0.717) is 17.2 Å². The summed E-state index contributed by atoms with van der Waals surface area (Å²) in [4.78, 5) is 25.8. The minimum atomic E-state index is -0.387. The molecule has 1 amide bonds. The molecule has 0 aliphatic carbocycles. The summed E-state index contributed by atoms with van der Waals surface area (Å²) in [7, 11) is 0. The molecule has 25 heavy (non-hydrogen) atoms. The molecule has 0 bridgehead atoms. The molecule has 0 aliphatic rings. The lowest BCUT2D eigenvalue weighted by Gasteiger charge is -2.12. The molecule has 4 nitrogen and oxygen atoms in total. The van der Waals surface area contributed by atoms with Crippen LogP contribution in [0.25, 0.3) is 0 Å². The summed E-state index contributed by atoms with van der Waals surface area (Å²) in [5, 5.41) is 3.48. The molecule has 5 heteroatoms. The first-order valence-corrected chi connectivity index (χ1v) is 9.19. The molecule has 2 rings (SSSR count). The molecule has 0 unspecified atom stereocenters. The van der Waals surface area contributed by atoms with Gasteiger partial charge >= 0.3 is 5.97 Å². The van der Waals surface area contributed by atoms with E-state index in [4.69, 9.17) is 4.74 Å². The maximum Gasteiger partial charge on any atom is 0.341 e. The minimum Gasteiger partial charge on any atom is -0.462 e. The van der Waals surface area contributed by atoms with Gasteiger partial charge in [-0.15, -0.1) is 11.3 Å². The van der Waals surface area contributed by atoms with Crippen LogP contribution < -0.4 is 5.32 Å². The number of hydrogen-bond acceptors (Lipinski definition) is 4. The minimum absolute atomic E-state index is 0.123. The molecule has 0 spiro atoms. The summed E-state index contributed by atoms with van der Waals surface area (Å²) in [6.45, 7) is 12.0. The fraction of sp³-hybridized carbons (Fsp3) is 0.400. The Morgan fingerprint density at radius 1 is 1.08 bits per heavy atom. The molecule has 2 aromatic rings. The van der Waals surface area contributed by atoms with E-state index < -0.39 is 0 Å². The average Bonchev–Trinajstić information content (AvgIpc) is 2.77. The number of benzene rings is 1. The fourth-order valence-corrected chi connectivity index (χ4v) is 4.05. The van der Waals surface area contributed by atoms with E-state index in [9.17, 15) is 9.59 Å². The molecule has 1 heterocycles. The van der Waals surface area contributed by atoms with Gasteiger partial charge in [0.25, 0.3) is 0 Å².